The van der Waals surface area contributed by atoms with Gasteiger partial charge in [-0.1, -0.05) is 25.4 Å². The van der Waals surface area contributed by atoms with Crippen molar-refractivity contribution in [3.8, 4) is 0 Å². The molecule has 1 aromatic carbocycles. The Balaban J connectivity index is 2.24. The number of hydrogen-bond donors (Lipinski definition) is 1. The van der Waals surface area contributed by atoms with Crippen LogP contribution in [0, 0.1) is 13.8 Å². The number of benzene rings is 1. The second kappa shape index (κ2) is 6.22. The highest BCUT2D eigenvalue weighted by Crippen LogP contribution is 2.20. The Kier molecular flexibility index (Phi) is 4.58. The van der Waals surface area contributed by atoms with Gasteiger partial charge in [-0.2, -0.15) is 0 Å². The molecule has 0 saturated carbocycles. The Morgan fingerprint density at radius 2 is 2.00 bits per heavy atom. The van der Waals surface area contributed by atoms with Crippen LogP contribution in [-0.2, 0) is 0 Å². The highest BCUT2D eigenvalue weighted by molar-refractivity contribution is 6.30. The van der Waals surface area contributed by atoms with Gasteiger partial charge >= 0.3 is 0 Å². The number of carbonyl (C=O) groups is 1. The molecule has 21 heavy (non-hydrogen) atoms. The molecule has 2 rings (SSSR count). The van der Waals surface area contributed by atoms with Gasteiger partial charge in [0.2, 0.25) is 0 Å². The lowest BCUT2D eigenvalue weighted by Crippen LogP contribution is -2.16. The van der Waals surface area contributed by atoms with Crippen LogP contribution in [-0.4, -0.2) is 15.9 Å². The van der Waals surface area contributed by atoms with Crippen LogP contribution in [0.2, 0.25) is 5.02 Å². The number of halogens is 1. The standard InChI is InChI=1S/C16H18ClN3O/c1-9(2)15-18-8-13(11(4)19-15)16(21)20-14-6-5-12(17)7-10(14)3/h5-9H,1-4H3,(H,20,21). The maximum absolute atomic E-state index is 12.3. The van der Waals surface area contributed by atoms with E-state index in [1.54, 1.807) is 18.3 Å². The maximum Gasteiger partial charge on any atom is 0.259 e. The monoisotopic (exact) mass is 303 g/mol. The van der Waals surface area contributed by atoms with Crippen LogP contribution in [0.1, 0.15) is 47.2 Å². The number of amides is 1. The normalized spacial score (nSPS) is 10.8. The SMILES string of the molecule is Cc1cc(Cl)ccc1NC(=O)c1cnc(C(C)C)nc1C. The minimum Gasteiger partial charge on any atom is -0.322 e. The Morgan fingerprint density at radius 3 is 2.57 bits per heavy atom. The quantitative estimate of drug-likeness (QED) is 0.928. The summed E-state index contributed by atoms with van der Waals surface area (Å²) in [6, 6.07) is 5.34. The summed E-state index contributed by atoms with van der Waals surface area (Å²) in [6.07, 6.45) is 1.58. The smallest absolute Gasteiger partial charge is 0.259 e. The van der Waals surface area contributed by atoms with Gasteiger partial charge in [0.1, 0.15) is 5.82 Å². The van der Waals surface area contributed by atoms with E-state index in [0.29, 0.717) is 16.3 Å². The molecular weight excluding hydrogens is 286 g/mol. The fourth-order valence-electron chi connectivity index (χ4n) is 1.94. The fraction of sp³-hybridized carbons (Fsp3) is 0.312. The molecule has 0 saturated heterocycles. The number of nitrogens with one attached hydrogen (secondary N) is 1. The fourth-order valence-corrected chi connectivity index (χ4v) is 2.17. The van der Waals surface area contributed by atoms with Gasteiger partial charge in [0.25, 0.3) is 5.91 Å². The van der Waals surface area contributed by atoms with E-state index in [2.05, 4.69) is 15.3 Å². The number of aromatic nitrogens is 2. The zero-order chi connectivity index (χ0) is 15.6. The minimum atomic E-state index is -0.215. The van der Waals surface area contributed by atoms with E-state index in [-0.39, 0.29) is 11.8 Å². The van der Waals surface area contributed by atoms with Crippen LogP contribution in [0.5, 0.6) is 0 Å². The first kappa shape index (κ1) is 15.4. The number of carbonyl (C=O) groups excluding carboxylic acids is 1. The van der Waals surface area contributed by atoms with Crippen LogP contribution in [0.4, 0.5) is 5.69 Å². The Morgan fingerprint density at radius 1 is 1.29 bits per heavy atom. The van der Waals surface area contributed by atoms with Gasteiger partial charge < -0.3 is 5.32 Å². The highest BCUT2D eigenvalue weighted by Gasteiger charge is 2.14. The van der Waals surface area contributed by atoms with E-state index < -0.39 is 0 Å². The molecule has 1 aromatic heterocycles. The van der Waals surface area contributed by atoms with Gasteiger partial charge in [-0.15, -0.1) is 0 Å². The lowest BCUT2D eigenvalue weighted by molar-refractivity contribution is 0.102. The van der Waals surface area contributed by atoms with Crippen LogP contribution in [0.25, 0.3) is 0 Å². The van der Waals surface area contributed by atoms with Crippen LogP contribution in [0.3, 0.4) is 0 Å². The Bertz CT molecular complexity index is 683. The first-order chi connectivity index (χ1) is 9.88. The van der Waals surface area contributed by atoms with Gasteiger partial charge in [-0.3, -0.25) is 4.79 Å². The molecule has 110 valence electrons. The van der Waals surface area contributed by atoms with Crippen molar-refractivity contribution in [1.29, 1.82) is 0 Å². The molecule has 0 unspecified atom stereocenters. The summed E-state index contributed by atoms with van der Waals surface area (Å²) in [4.78, 5) is 21.0. The second-order valence-corrected chi connectivity index (χ2v) is 5.73. The average molecular weight is 304 g/mol. The van der Waals surface area contributed by atoms with E-state index >= 15 is 0 Å². The molecule has 4 nitrogen and oxygen atoms in total. The summed E-state index contributed by atoms with van der Waals surface area (Å²) in [5.74, 6) is 0.763. The molecule has 0 aliphatic carbocycles. The molecule has 2 aromatic rings. The van der Waals surface area contributed by atoms with E-state index in [9.17, 15) is 4.79 Å². The summed E-state index contributed by atoms with van der Waals surface area (Å²) in [5.41, 5.74) is 2.80. The predicted molar refractivity (Wildman–Crippen MR) is 85.0 cm³/mol. The molecule has 0 atom stereocenters. The van der Waals surface area contributed by atoms with Crippen molar-refractivity contribution in [2.75, 3.05) is 5.32 Å². The average Bonchev–Trinajstić information content (AvgIpc) is 2.41. The zero-order valence-electron chi connectivity index (χ0n) is 12.6. The summed E-state index contributed by atoms with van der Waals surface area (Å²) in [6.45, 7) is 7.75. The van der Waals surface area contributed by atoms with Crippen molar-refractivity contribution in [2.45, 2.75) is 33.6 Å². The first-order valence-electron chi connectivity index (χ1n) is 6.79. The molecule has 1 amide bonds. The molecule has 0 radical (unpaired) electrons. The first-order valence-corrected chi connectivity index (χ1v) is 7.17. The third-order valence-electron chi connectivity index (χ3n) is 3.20. The number of anilines is 1. The lowest BCUT2D eigenvalue weighted by atomic mass is 10.1. The van der Waals surface area contributed by atoms with Crippen molar-refractivity contribution in [3.63, 3.8) is 0 Å². The number of hydrogen-bond acceptors (Lipinski definition) is 3. The van der Waals surface area contributed by atoms with E-state index in [1.807, 2.05) is 33.8 Å². The second-order valence-electron chi connectivity index (χ2n) is 5.30. The van der Waals surface area contributed by atoms with Crippen molar-refractivity contribution < 1.29 is 4.79 Å². The Hall–Kier alpha value is -1.94. The van der Waals surface area contributed by atoms with E-state index in [4.69, 9.17) is 11.6 Å². The van der Waals surface area contributed by atoms with Crippen LogP contribution >= 0.6 is 11.6 Å². The van der Waals surface area contributed by atoms with Gasteiger partial charge in [0.05, 0.1) is 11.3 Å². The predicted octanol–water partition coefficient (Wildman–Crippen LogP) is 4.12. The molecular formula is C16H18ClN3O. The van der Waals surface area contributed by atoms with Gasteiger partial charge in [-0.25, -0.2) is 9.97 Å². The third-order valence-corrected chi connectivity index (χ3v) is 3.43. The summed E-state index contributed by atoms with van der Waals surface area (Å²) in [5, 5.41) is 3.51. The van der Waals surface area contributed by atoms with Gasteiger partial charge in [0.15, 0.2) is 0 Å². The minimum absolute atomic E-state index is 0.215. The molecule has 0 spiro atoms. The van der Waals surface area contributed by atoms with Crippen molar-refractivity contribution in [2.24, 2.45) is 0 Å². The molecule has 0 fully saturated rings. The largest absolute Gasteiger partial charge is 0.322 e. The van der Waals surface area contributed by atoms with Gasteiger partial charge in [0, 0.05) is 22.8 Å². The van der Waals surface area contributed by atoms with Gasteiger partial charge in [-0.05, 0) is 37.6 Å². The zero-order valence-corrected chi connectivity index (χ0v) is 13.3. The molecule has 1 N–H and O–H groups in total. The summed E-state index contributed by atoms with van der Waals surface area (Å²) < 4.78 is 0. The summed E-state index contributed by atoms with van der Waals surface area (Å²) in [7, 11) is 0. The van der Waals surface area contributed by atoms with Crippen LogP contribution in [0.15, 0.2) is 24.4 Å². The van der Waals surface area contributed by atoms with Crippen LogP contribution < -0.4 is 5.32 Å². The topological polar surface area (TPSA) is 54.9 Å². The van der Waals surface area contributed by atoms with Crippen molar-refractivity contribution in [3.05, 3.63) is 52.1 Å². The number of aryl methyl sites for hydroxylation is 2. The van der Waals surface area contributed by atoms with Crippen molar-refractivity contribution >= 4 is 23.2 Å². The van der Waals surface area contributed by atoms with E-state index in [0.717, 1.165) is 17.1 Å². The lowest BCUT2D eigenvalue weighted by Gasteiger charge is -2.11. The summed E-state index contributed by atoms with van der Waals surface area (Å²) >= 11 is 5.91. The molecule has 0 aliphatic rings. The number of rotatable bonds is 3. The van der Waals surface area contributed by atoms with Crippen molar-refractivity contribution in [1.82, 2.24) is 9.97 Å². The maximum atomic E-state index is 12.3. The Labute approximate surface area is 129 Å². The number of nitrogens with zero attached hydrogens (tertiary/aromatic N) is 2. The molecule has 0 bridgehead atoms. The molecule has 1 heterocycles. The molecule has 0 aliphatic heterocycles. The highest BCUT2D eigenvalue weighted by atomic mass is 35.5. The molecule has 5 heteroatoms. The third kappa shape index (κ3) is 3.58. The van der Waals surface area contributed by atoms with E-state index in [1.165, 1.54) is 0 Å².